The van der Waals surface area contributed by atoms with Crippen LogP contribution < -0.4 is 0 Å². The predicted molar refractivity (Wildman–Crippen MR) is 59.3 cm³/mol. The van der Waals surface area contributed by atoms with Crippen LogP contribution in [-0.2, 0) is 9.53 Å². The monoisotopic (exact) mass is 312 g/mol. The third-order valence-corrected chi connectivity index (χ3v) is 5.03. The maximum atomic E-state index is 11.3. The van der Waals surface area contributed by atoms with Crippen LogP contribution in [0.1, 0.15) is 20.3 Å². The fraction of sp³-hybridized carbons (Fsp3) is 0.889. The summed E-state index contributed by atoms with van der Waals surface area (Å²) in [6, 6.07) is 0. The normalized spacial score (nSPS) is 30.8. The average Bonchev–Trinajstić information content (AvgIpc) is 2.82. The Hall–Kier alpha value is 0.430. The van der Waals surface area contributed by atoms with E-state index in [2.05, 4.69) is 38.8 Å². The van der Waals surface area contributed by atoms with Crippen molar-refractivity contribution in [1.82, 2.24) is 0 Å². The molecule has 0 N–H and O–H groups in total. The second-order valence-corrected chi connectivity index (χ2v) is 5.88. The fourth-order valence-corrected chi connectivity index (χ4v) is 2.40. The quantitative estimate of drug-likeness (QED) is 0.589. The maximum absolute atomic E-state index is 11.3. The van der Waals surface area contributed by atoms with E-state index in [1.807, 2.05) is 6.92 Å². The summed E-state index contributed by atoms with van der Waals surface area (Å²) >= 11 is 7.07. The van der Waals surface area contributed by atoms with Crippen LogP contribution in [0.4, 0.5) is 0 Å². The van der Waals surface area contributed by atoms with Crippen molar-refractivity contribution in [3.63, 3.8) is 0 Å². The van der Waals surface area contributed by atoms with Crippen LogP contribution in [0.5, 0.6) is 0 Å². The highest BCUT2D eigenvalue weighted by molar-refractivity contribution is 9.12. The van der Waals surface area contributed by atoms with Crippen molar-refractivity contribution >= 4 is 37.8 Å². The molecule has 1 fully saturated rings. The number of carbonyl (C=O) groups is 1. The third-order valence-electron chi connectivity index (χ3n) is 2.28. The number of hydrogen-bond acceptors (Lipinski definition) is 2. The highest BCUT2D eigenvalue weighted by Crippen LogP contribution is 2.47. The van der Waals surface area contributed by atoms with Gasteiger partial charge >= 0.3 is 5.97 Å². The molecule has 4 heteroatoms. The van der Waals surface area contributed by atoms with Gasteiger partial charge in [0, 0.05) is 9.65 Å². The highest BCUT2D eigenvalue weighted by atomic mass is 79.9. The third kappa shape index (κ3) is 2.94. The molecule has 2 unspecified atom stereocenters. The van der Waals surface area contributed by atoms with Crippen LogP contribution in [0.3, 0.4) is 0 Å². The molecule has 76 valence electrons. The Morgan fingerprint density at radius 3 is 2.69 bits per heavy atom. The Morgan fingerprint density at radius 2 is 2.23 bits per heavy atom. The van der Waals surface area contributed by atoms with E-state index < -0.39 is 0 Å². The zero-order chi connectivity index (χ0) is 10.0. The lowest BCUT2D eigenvalue weighted by Crippen LogP contribution is -2.17. The van der Waals surface area contributed by atoms with Gasteiger partial charge in [0.2, 0.25) is 0 Å². The van der Waals surface area contributed by atoms with Crippen LogP contribution in [0.25, 0.3) is 0 Å². The molecule has 1 rings (SSSR count). The van der Waals surface area contributed by atoms with Crippen molar-refractivity contribution in [1.29, 1.82) is 0 Å². The van der Waals surface area contributed by atoms with Crippen LogP contribution in [0, 0.1) is 11.8 Å². The molecule has 0 bridgehead atoms. The van der Waals surface area contributed by atoms with Gasteiger partial charge in [-0.3, -0.25) is 4.79 Å². The maximum Gasteiger partial charge on any atom is 0.309 e. The summed E-state index contributed by atoms with van der Waals surface area (Å²) in [5.41, 5.74) is 0. The number of halogens is 2. The van der Waals surface area contributed by atoms with E-state index in [1.54, 1.807) is 0 Å². The number of esters is 1. The van der Waals surface area contributed by atoms with E-state index in [9.17, 15) is 4.79 Å². The zero-order valence-electron chi connectivity index (χ0n) is 7.80. The van der Waals surface area contributed by atoms with Gasteiger partial charge in [-0.25, -0.2) is 0 Å². The molecule has 13 heavy (non-hydrogen) atoms. The Morgan fingerprint density at radius 1 is 1.62 bits per heavy atom. The molecule has 0 aromatic rings. The summed E-state index contributed by atoms with van der Waals surface area (Å²) in [6.45, 7) is 4.41. The first-order chi connectivity index (χ1) is 6.07. The minimum atomic E-state index is -0.0369. The first kappa shape index (κ1) is 11.5. The van der Waals surface area contributed by atoms with Gasteiger partial charge in [-0.15, -0.1) is 0 Å². The fourth-order valence-electron chi connectivity index (χ4n) is 1.43. The van der Waals surface area contributed by atoms with Gasteiger partial charge in [-0.05, 0) is 19.3 Å². The first-order valence-corrected chi connectivity index (χ1v) is 6.35. The van der Waals surface area contributed by atoms with E-state index >= 15 is 0 Å². The average molecular weight is 314 g/mol. The molecular weight excluding hydrogens is 300 g/mol. The Balaban J connectivity index is 2.33. The molecular formula is C9H14Br2O2. The van der Waals surface area contributed by atoms with Crippen molar-refractivity contribution in [3.8, 4) is 0 Å². The van der Waals surface area contributed by atoms with E-state index in [0.29, 0.717) is 22.2 Å². The lowest BCUT2D eigenvalue weighted by Gasteiger charge is -2.11. The minimum absolute atomic E-state index is 0.0369. The number of ether oxygens (including phenoxy) is 1. The molecule has 0 spiro atoms. The summed E-state index contributed by atoms with van der Waals surface area (Å²) in [6.07, 6.45) is 0.963. The van der Waals surface area contributed by atoms with Gasteiger partial charge in [0.05, 0.1) is 12.5 Å². The van der Waals surface area contributed by atoms with Crippen LogP contribution in [0.2, 0.25) is 0 Å². The highest BCUT2D eigenvalue weighted by Gasteiger charge is 2.48. The topological polar surface area (TPSA) is 26.3 Å². The summed E-state index contributed by atoms with van der Waals surface area (Å²) in [4.78, 5) is 12.1. The van der Waals surface area contributed by atoms with Gasteiger partial charge in [0.1, 0.15) is 0 Å². The number of rotatable bonds is 4. The summed E-state index contributed by atoms with van der Waals surface area (Å²) in [5, 5.41) is 0. The first-order valence-electron chi connectivity index (χ1n) is 4.52. The number of carbonyl (C=O) groups excluding carboxylic acids is 1. The second-order valence-electron chi connectivity index (χ2n) is 3.38. The lowest BCUT2D eigenvalue weighted by atomic mass is 10.2. The van der Waals surface area contributed by atoms with E-state index in [1.165, 1.54) is 0 Å². The zero-order valence-corrected chi connectivity index (χ0v) is 11.0. The van der Waals surface area contributed by atoms with Gasteiger partial charge < -0.3 is 4.74 Å². The molecule has 1 aliphatic rings. The van der Waals surface area contributed by atoms with Crippen molar-refractivity contribution in [2.75, 3.05) is 6.61 Å². The molecule has 0 heterocycles. The second kappa shape index (κ2) is 4.78. The molecule has 0 saturated heterocycles. The molecule has 0 radical (unpaired) electrons. The molecule has 0 aliphatic heterocycles. The minimum Gasteiger partial charge on any atom is -0.466 e. The largest absolute Gasteiger partial charge is 0.466 e. The Kier molecular flexibility index (Phi) is 4.23. The van der Waals surface area contributed by atoms with E-state index in [-0.39, 0.29) is 11.9 Å². The standard InChI is InChI=1S/C9H14Br2O2/c1-3-13-9(12)7-4-6(7)8(11)5(2)10/h5-8H,3-4H2,1-2H3/t5?,6-,7-,8?/m0/s1. The predicted octanol–water partition coefficient (Wildman–Crippen LogP) is 2.73. The van der Waals surface area contributed by atoms with Crippen LogP contribution in [-0.4, -0.2) is 22.2 Å². The Labute approximate surface area is 95.7 Å². The SMILES string of the molecule is CCOC(=O)[C@H]1C[C@@H]1C(Br)C(C)Br. The van der Waals surface area contributed by atoms with Crippen molar-refractivity contribution in [2.24, 2.45) is 11.8 Å². The molecule has 0 aromatic carbocycles. The van der Waals surface area contributed by atoms with Crippen molar-refractivity contribution in [2.45, 2.75) is 29.9 Å². The van der Waals surface area contributed by atoms with Gasteiger partial charge in [0.15, 0.2) is 0 Å². The molecule has 2 nitrogen and oxygen atoms in total. The number of hydrogen-bond donors (Lipinski definition) is 0. The number of alkyl halides is 2. The van der Waals surface area contributed by atoms with Gasteiger partial charge in [0.25, 0.3) is 0 Å². The smallest absolute Gasteiger partial charge is 0.309 e. The van der Waals surface area contributed by atoms with Gasteiger partial charge in [-0.2, -0.15) is 0 Å². The van der Waals surface area contributed by atoms with Crippen LogP contribution >= 0.6 is 31.9 Å². The van der Waals surface area contributed by atoms with Crippen LogP contribution in [0.15, 0.2) is 0 Å². The molecule has 0 aromatic heterocycles. The summed E-state index contributed by atoms with van der Waals surface area (Å²) in [5.74, 6) is 0.544. The summed E-state index contributed by atoms with van der Waals surface area (Å²) < 4.78 is 4.95. The molecule has 0 amide bonds. The molecule has 1 saturated carbocycles. The Bertz CT molecular complexity index is 194. The van der Waals surface area contributed by atoms with E-state index in [0.717, 1.165) is 6.42 Å². The molecule has 4 atom stereocenters. The van der Waals surface area contributed by atoms with E-state index in [4.69, 9.17) is 4.74 Å². The molecule has 1 aliphatic carbocycles. The van der Waals surface area contributed by atoms with Gasteiger partial charge in [-0.1, -0.05) is 38.8 Å². The van der Waals surface area contributed by atoms with Crippen molar-refractivity contribution < 1.29 is 9.53 Å². The van der Waals surface area contributed by atoms with Crippen molar-refractivity contribution in [3.05, 3.63) is 0 Å². The summed E-state index contributed by atoms with van der Waals surface area (Å²) in [7, 11) is 0. The lowest BCUT2D eigenvalue weighted by molar-refractivity contribution is -0.145.